The molecule has 1 saturated heterocycles. The molecule has 7 nitrogen and oxygen atoms in total. The van der Waals surface area contributed by atoms with Gasteiger partial charge in [-0.3, -0.25) is 10.1 Å². The van der Waals surface area contributed by atoms with Crippen LogP contribution in [0.3, 0.4) is 0 Å². The van der Waals surface area contributed by atoms with Gasteiger partial charge >= 0.3 is 6.03 Å². The number of amides is 3. The molecule has 1 aliphatic rings. The highest BCUT2D eigenvalue weighted by molar-refractivity contribution is 7.14. The Hall–Kier alpha value is -3.17. The van der Waals surface area contributed by atoms with E-state index in [9.17, 15) is 14.0 Å². The Morgan fingerprint density at radius 2 is 1.81 bits per heavy atom. The highest BCUT2D eigenvalue weighted by Gasteiger charge is 2.25. The number of anilines is 3. The van der Waals surface area contributed by atoms with E-state index >= 15 is 0 Å². The summed E-state index contributed by atoms with van der Waals surface area (Å²) >= 11 is 7.07. The molecule has 31 heavy (non-hydrogen) atoms. The monoisotopic (exact) mass is 459 g/mol. The summed E-state index contributed by atoms with van der Waals surface area (Å²) in [6.45, 7) is 1.99. The molecule has 3 aromatic rings. The Morgan fingerprint density at radius 3 is 2.55 bits per heavy atom. The smallest absolute Gasteiger partial charge is 0.325 e. The van der Waals surface area contributed by atoms with Crippen molar-refractivity contribution in [1.82, 2.24) is 9.88 Å². The minimum Gasteiger partial charge on any atom is -0.366 e. The van der Waals surface area contributed by atoms with Crippen molar-refractivity contribution in [3.8, 4) is 0 Å². The Balaban J connectivity index is 1.32. The van der Waals surface area contributed by atoms with Gasteiger partial charge in [-0.25, -0.2) is 14.2 Å². The fourth-order valence-corrected chi connectivity index (χ4v) is 4.15. The van der Waals surface area contributed by atoms with Gasteiger partial charge in [-0.1, -0.05) is 29.8 Å². The van der Waals surface area contributed by atoms with Gasteiger partial charge in [0.2, 0.25) is 0 Å². The van der Waals surface area contributed by atoms with Crippen LogP contribution in [0.15, 0.2) is 53.9 Å². The quantitative estimate of drug-likeness (QED) is 0.600. The maximum absolute atomic E-state index is 14.0. The molecule has 10 heteroatoms. The number of benzene rings is 2. The number of thiazole rings is 1. The van der Waals surface area contributed by atoms with Crippen LogP contribution in [0.2, 0.25) is 5.02 Å². The number of nitrogens with one attached hydrogen (secondary N) is 2. The molecule has 1 aliphatic heterocycles. The molecule has 1 aromatic heterocycles. The van der Waals surface area contributed by atoms with E-state index in [4.69, 9.17) is 11.6 Å². The standard InChI is InChI=1S/C21H19ClFN5O2S/c22-14-4-3-5-15(12-14)24-20(30)26-21-25-17(13-31-21)19(29)28-10-8-27(9-11-28)18-7-2-1-6-16(18)23/h1-7,12-13H,8-11H2,(H2,24,25,26,30). The van der Waals surface area contributed by atoms with Crippen LogP contribution in [0, 0.1) is 5.82 Å². The molecule has 0 bridgehead atoms. The van der Waals surface area contributed by atoms with E-state index < -0.39 is 6.03 Å². The van der Waals surface area contributed by atoms with Gasteiger partial charge < -0.3 is 15.1 Å². The molecule has 0 radical (unpaired) electrons. The van der Waals surface area contributed by atoms with Crippen molar-refractivity contribution in [2.75, 3.05) is 41.7 Å². The van der Waals surface area contributed by atoms with E-state index in [1.54, 1.807) is 52.7 Å². The molecule has 160 valence electrons. The number of piperazine rings is 1. The topological polar surface area (TPSA) is 77.6 Å². The number of nitrogens with zero attached hydrogens (tertiary/aromatic N) is 3. The van der Waals surface area contributed by atoms with Gasteiger partial charge in [0.05, 0.1) is 5.69 Å². The lowest BCUT2D eigenvalue weighted by Crippen LogP contribution is -2.49. The summed E-state index contributed by atoms with van der Waals surface area (Å²) < 4.78 is 14.0. The maximum atomic E-state index is 14.0. The summed E-state index contributed by atoms with van der Waals surface area (Å²) in [5.41, 5.74) is 1.36. The molecule has 0 unspecified atom stereocenters. The summed E-state index contributed by atoms with van der Waals surface area (Å²) in [6.07, 6.45) is 0. The first kappa shape index (κ1) is 21.1. The number of carbonyl (C=O) groups excluding carboxylic acids is 2. The lowest BCUT2D eigenvalue weighted by Gasteiger charge is -2.35. The molecule has 1 fully saturated rings. The largest absolute Gasteiger partial charge is 0.366 e. The molecule has 4 rings (SSSR count). The molecule has 2 aromatic carbocycles. The number of hydrogen-bond acceptors (Lipinski definition) is 5. The second-order valence-electron chi connectivity index (χ2n) is 6.86. The number of aromatic nitrogens is 1. The minimum absolute atomic E-state index is 0.215. The molecule has 0 saturated carbocycles. The van der Waals surface area contributed by atoms with E-state index in [1.807, 2.05) is 4.90 Å². The van der Waals surface area contributed by atoms with Crippen LogP contribution in [-0.2, 0) is 0 Å². The maximum Gasteiger partial charge on any atom is 0.325 e. The Labute approximate surface area is 187 Å². The third kappa shape index (κ3) is 5.12. The van der Waals surface area contributed by atoms with Crippen molar-refractivity contribution in [3.05, 3.63) is 70.4 Å². The lowest BCUT2D eigenvalue weighted by molar-refractivity contribution is 0.0741. The fourth-order valence-electron chi connectivity index (χ4n) is 3.28. The van der Waals surface area contributed by atoms with E-state index in [1.165, 1.54) is 17.4 Å². The fraction of sp³-hybridized carbons (Fsp3) is 0.190. The van der Waals surface area contributed by atoms with Crippen molar-refractivity contribution in [2.24, 2.45) is 0 Å². The van der Waals surface area contributed by atoms with Gasteiger partial charge in [0.15, 0.2) is 5.13 Å². The zero-order valence-electron chi connectivity index (χ0n) is 16.3. The number of para-hydroxylation sites is 1. The van der Waals surface area contributed by atoms with E-state index in [2.05, 4.69) is 15.6 Å². The normalized spacial score (nSPS) is 13.7. The predicted octanol–water partition coefficient (Wildman–Crippen LogP) is 4.54. The summed E-state index contributed by atoms with van der Waals surface area (Å²) in [7, 11) is 0. The molecular weight excluding hydrogens is 441 g/mol. The van der Waals surface area contributed by atoms with Crippen LogP contribution in [0.4, 0.5) is 25.7 Å². The molecular formula is C21H19ClFN5O2S. The van der Waals surface area contributed by atoms with Gasteiger partial charge in [0, 0.05) is 42.3 Å². The SMILES string of the molecule is O=C(Nc1cccc(Cl)c1)Nc1nc(C(=O)N2CCN(c3ccccc3F)CC2)cs1. The van der Waals surface area contributed by atoms with Crippen LogP contribution < -0.4 is 15.5 Å². The highest BCUT2D eigenvalue weighted by Crippen LogP contribution is 2.22. The van der Waals surface area contributed by atoms with Gasteiger partial charge in [0.25, 0.3) is 5.91 Å². The number of hydrogen-bond donors (Lipinski definition) is 2. The molecule has 2 heterocycles. The number of carbonyl (C=O) groups is 2. The Bertz CT molecular complexity index is 1100. The zero-order chi connectivity index (χ0) is 21.8. The first-order chi connectivity index (χ1) is 15.0. The number of halogens is 2. The van der Waals surface area contributed by atoms with Crippen LogP contribution in [0.1, 0.15) is 10.5 Å². The number of rotatable bonds is 4. The van der Waals surface area contributed by atoms with Crippen molar-refractivity contribution < 1.29 is 14.0 Å². The summed E-state index contributed by atoms with van der Waals surface area (Å²) in [5.74, 6) is -0.485. The third-order valence-electron chi connectivity index (χ3n) is 4.79. The highest BCUT2D eigenvalue weighted by atomic mass is 35.5. The molecule has 3 amide bonds. The van der Waals surface area contributed by atoms with E-state index in [0.29, 0.717) is 47.7 Å². The average molecular weight is 460 g/mol. The summed E-state index contributed by atoms with van der Waals surface area (Å²) in [6, 6.07) is 12.9. The predicted molar refractivity (Wildman–Crippen MR) is 121 cm³/mol. The van der Waals surface area contributed by atoms with Gasteiger partial charge in [-0.05, 0) is 30.3 Å². The van der Waals surface area contributed by atoms with Crippen LogP contribution >= 0.6 is 22.9 Å². The minimum atomic E-state index is -0.478. The summed E-state index contributed by atoms with van der Waals surface area (Å²) in [5, 5.41) is 7.71. The third-order valence-corrected chi connectivity index (χ3v) is 5.78. The van der Waals surface area contributed by atoms with E-state index in [-0.39, 0.29) is 17.4 Å². The van der Waals surface area contributed by atoms with Gasteiger partial charge in [0.1, 0.15) is 11.5 Å². The van der Waals surface area contributed by atoms with Crippen molar-refractivity contribution in [3.63, 3.8) is 0 Å². The Kier molecular flexibility index (Phi) is 6.34. The van der Waals surface area contributed by atoms with Crippen LogP contribution in [0.5, 0.6) is 0 Å². The molecule has 0 aliphatic carbocycles. The Morgan fingerprint density at radius 1 is 1.03 bits per heavy atom. The van der Waals surface area contributed by atoms with Crippen LogP contribution in [0.25, 0.3) is 0 Å². The van der Waals surface area contributed by atoms with E-state index in [0.717, 1.165) is 0 Å². The molecule has 0 atom stereocenters. The molecule has 2 N–H and O–H groups in total. The average Bonchev–Trinajstić information content (AvgIpc) is 3.22. The summed E-state index contributed by atoms with van der Waals surface area (Å²) in [4.78, 5) is 32.8. The lowest BCUT2D eigenvalue weighted by atomic mass is 10.2. The van der Waals surface area contributed by atoms with Crippen molar-refractivity contribution >= 4 is 51.4 Å². The molecule has 0 spiro atoms. The van der Waals surface area contributed by atoms with Crippen LogP contribution in [-0.4, -0.2) is 48.0 Å². The number of urea groups is 1. The zero-order valence-corrected chi connectivity index (χ0v) is 17.9. The first-order valence-corrected chi connectivity index (χ1v) is 10.8. The van der Waals surface area contributed by atoms with Gasteiger partial charge in [-0.15, -0.1) is 11.3 Å². The van der Waals surface area contributed by atoms with Crippen molar-refractivity contribution in [1.29, 1.82) is 0 Å². The second-order valence-corrected chi connectivity index (χ2v) is 8.15. The van der Waals surface area contributed by atoms with Crippen molar-refractivity contribution in [2.45, 2.75) is 0 Å². The second kappa shape index (κ2) is 9.32. The van der Waals surface area contributed by atoms with Gasteiger partial charge in [-0.2, -0.15) is 0 Å². The first-order valence-electron chi connectivity index (χ1n) is 9.57.